The molecule has 0 N–H and O–H groups in total. The number of rotatable bonds is 7. The molecule has 0 aliphatic carbocycles. The minimum absolute atomic E-state index is 0. The van der Waals surface area contributed by atoms with Crippen molar-refractivity contribution in [2.24, 2.45) is 0 Å². The molecule has 236 valence electrons. The van der Waals surface area contributed by atoms with Crippen LogP contribution in [0.2, 0.25) is 0 Å². The maximum absolute atomic E-state index is 15.2. The van der Waals surface area contributed by atoms with Crippen molar-refractivity contribution in [3.63, 3.8) is 0 Å². The van der Waals surface area contributed by atoms with Crippen molar-refractivity contribution >= 4 is 23.3 Å². The summed E-state index contributed by atoms with van der Waals surface area (Å²) < 4.78 is 27.5. The topological polar surface area (TPSA) is 100.0 Å². The first kappa shape index (κ1) is 33.3. The standard InChI is InChI=1S/C37H20N5O3P.2Pd/c43-46(37-40-19-20-41-42-37)35-23-29(44-27-9-5-7-25(21-27)33-11-1-3-17-38-33)13-15-31(35)32-16-14-30(24-36(32)46)45-28-10-6-8-26(22-28)34-12-2-4-18-39-34;;/h1-20H;;/q-4;2*+2. The number of pyridine rings is 2. The van der Waals surface area contributed by atoms with Gasteiger partial charge in [-0.25, -0.2) is 4.98 Å². The second-order valence-electron chi connectivity index (χ2n) is 10.2. The fourth-order valence-electron chi connectivity index (χ4n) is 5.27. The minimum atomic E-state index is -3.68. The molecule has 48 heavy (non-hydrogen) atoms. The number of aromatic nitrogens is 5. The molecule has 1 aliphatic rings. The van der Waals surface area contributed by atoms with Crippen LogP contribution in [0.5, 0.6) is 23.0 Å². The Labute approximate surface area is 304 Å². The van der Waals surface area contributed by atoms with E-state index in [1.54, 1.807) is 36.7 Å². The summed E-state index contributed by atoms with van der Waals surface area (Å²) in [5.74, 6) is 1.66. The van der Waals surface area contributed by atoms with E-state index in [-0.39, 0.29) is 46.4 Å². The third-order valence-electron chi connectivity index (χ3n) is 7.33. The summed E-state index contributed by atoms with van der Waals surface area (Å²) in [6.45, 7) is 0. The molecule has 0 fully saturated rings. The van der Waals surface area contributed by atoms with Crippen LogP contribution in [-0.4, -0.2) is 25.1 Å². The van der Waals surface area contributed by atoms with Crippen LogP contribution in [0.25, 0.3) is 33.6 Å². The van der Waals surface area contributed by atoms with Gasteiger partial charge in [0.2, 0.25) is 5.57 Å². The van der Waals surface area contributed by atoms with Gasteiger partial charge in [-0.1, -0.05) is 47.0 Å². The molecule has 8 rings (SSSR count). The molecule has 0 saturated carbocycles. The maximum atomic E-state index is 15.2. The van der Waals surface area contributed by atoms with E-state index in [1.165, 1.54) is 12.4 Å². The number of nitrogens with zero attached hydrogens (tertiary/aromatic N) is 5. The zero-order valence-electron chi connectivity index (χ0n) is 24.6. The van der Waals surface area contributed by atoms with Crippen molar-refractivity contribution < 1.29 is 54.9 Å². The summed E-state index contributed by atoms with van der Waals surface area (Å²) >= 11 is 0. The SMILES string of the molecule is O=P1(c2nccnn2)c2[c-]c(Oc3[c-]c(-c4ccccn4)ccc3)ccc2-c2ccc(Oc3[c-]c(-c4ccccn4)ccc3)[c-]c21.[Pd+2].[Pd+2]. The minimum Gasteiger partial charge on any atom is -0.503 e. The van der Waals surface area contributed by atoms with Gasteiger partial charge in [0.1, 0.15) is 0 Å². The molecule has 0 saturated heterocycles. The molecular weight excluding hydrogens is 806 g/mol. The number of benzene rings is 4. The third-order valence-corrected chi connectivity index (χ3v) is 10.1. The van der Waals surface area contributed by atoms with E-state index in [0.717, 1.165) is 33.6 Å². The average Bonchev–Trinajstić information content (AvgIpc) is 3.37. The van der Waals surface area contributed by atoms with Gasteiger partial charge in [-0.3, -0.25) is 0 Å². The molecule has 0 spiro atoms. The smallest absolute Gasteiger partial charge is 0.503 e. The van der Waals surface area contributed by atoms with Crippen molar-refractivity contribution in [1.82, 2.24) is 25.1 Å². The second kappa shape index (κ2) is 14.2. The molecule has 0 radical (unpaired) electrons. The summed E-state index contributed by atoms with van der Waals surface area (Å²) in [6, 6.07) is 42.8. The quantitative estimate of drug-likeness (QED) is 0.104. The molecule has 0 atom stereocenters. The molecule has 1 aliphatic heterocycles. The van der Waals surface area contributed by atoms with Gasteiger partial charge in [0, 0.05) is 41.6 Å². The van der Waals surface area contributed by atoms with Crippen LogP contribution < -0.4 is 25.6 Å². The Morgan fingerprint density at radius 2 is 1.02 bits per heavy atom. The largest absolute Gasteiger partial charge is 2.00 e. The van der Waals surface area contributed by atoms with E-state index >= 15 is 4.57 Å². The van der Waals surface area contributed by atoms with Gasteiger partial charge >= 0.3 is 40.8 Å². The maximum Gasteiger partial charge on any atom is 2.00 e. The van der Waals surface area contributed by atoms with Gasteiger partial charge in [-0.2, -0.15) is 28.4 Å². The Balaban J connectivity index is 0.00000201. The summed E-state index contributed by atoms with van der Waals surface area (Å²) in [4.78, 5) is 13.2. The first-order valence-corrected chi connectivity index (χ1v) is 16.0. The molecule has 0 amide bonds. The molecule has 3 aromatic heterocycles. The first-order valence-electron chi connectivity index (χ1n) is 14.3. The number of fused-ring (bicyclic) bond motifs is 3. The van der Waals surface area contributed by atoms with Gasteiger partial charge in [-0.15, -0.1) is 76.9 Å². The van der Waals surface area contributed by atoms with Crippen LogP contribution in [0.3, 0.4) is 0 Å². The van der Waals surface area contributed by atoms with Crippen molar-refractivity contribution in [2.75, 3.05) is 0 Å². The normalized spacial score (nSPS) is 12.1. The number of ether oxygens (including phenoxy) is 2. The van der Waals surface area contributed by atoms with E-state index in [2.05, 4.69) is 49.4 Å². The van der Waals surface area contributed by atoms with Crippen LogP contribution in [0.1, 0.15) is 0 Å². The Bertz CT molecular complexity index is 2120. The van der Waals surface area contributed by atoms with Gasteiger partial charge in [0.15, 0.2) is 7.14 Å². The molecule has 11 heteroatoms. The van der Waals surface area contributed by atoms with Gasteiger partial charge in [0.25, 0.3) is 0 Å². The summed E-state index contributed by atoms with van der Waals surface area (Å²) in [6.07, 6.45) is 6.36. The zero-order valence-corrected chi connectivity index (χ0v) is 28.6. The Hall–Kier alpha value is -4.66. The first-order chi connectivity index (χ1) is 22.6. The predicted molar refractivity (Wildman–Crippen MR) is 173 cm³/mol. The average molecular weight is 826 g/mol. The molecule has 4 aromatic carbocycles. The van der Waals surface area contributed by atoms with Crippen LogP contribution in [0.15, 0.2) is 122 Å². The van der Waals surface area contributed by atoms with Crippen molar-refractivity contribution in [3.8, 4) is 56.6 Å². The van der Waals surface area contributed by atoms with Gasteiger partial charge in [-0.05, 0) is 23.5 Å². The Morgan fingerprint density at radius 1 is 0.500 bits per heavy atom. The van der Waals surface area contributed by atoms with Crippen molar-refractivity contribution in [2.45, 2.75) is 0 Å². The monoisotopic (exact) mass is 825 g/mol. The molecule has 7 aromatic rings. The molecule has 0 unspecified atom stereocenters. The van der Waals surface area contributed by atoms with Crippen LogP contribution >= 0.6 is 7.14 Å². The van der Waals surface area contributed by atoms with Crippen LogP contribution in [0, 0.1) is 24.3 Å². The predicted octanol–water partition coefficient (Wildman–Crippen LogP) is 6.40. The van der Waals surface area contributed by atoms with Crippen molar-refractivity contribution in [3.05, 3.63) is 146 Å². The van der Waals surface area contributed by atoms with Crippen molar-refractivity contribution in [1.29, 1.82) is 0 Å². The molecule has 0 bridgehead atoms. The molecule has 8 nitrogen and oxygen atoms in total. The van der Waals surface area contributed by atoms with E-state index in [1.807, 2.05) is 72.8 Å². The van der Waals surface area contributed by atoms with E-state index in [4.69, 9.17) is 9.47 Å². The Morgan fingerprint density at radius 3 is 1.48 bits per heavy atom. The Kier molecular flexibility index (Phi) is 9.85. The number of hydrogen-bond acceptors (Lipinski definition) is 8. The second-order valence-corrected chi connectivity index (χ2v) is 12.7. The fourth-order valence-corrected chi connectivity index (χ4v) is 7.90. The fraction of sp³-hybridized carbons (Fsp3) is 0. The molecule has 4 heterocycles. The summed E-state index contributed by atoms with van der Waals surface area (Å²) in [5.41, 5.74) is 4.62. The summed E-state index contributed by atoms with van der Waals surface area (Å²) in [7, 11) is -3.68. The van der Waals surface area contributed by atoms with Gasteiger partial charge < -0.3 is 24.0 Å². The zero-order chi connectivity index (χ0) is 30.9. The van der Waals surface area contributed by atoms with E-state index in [0.29, 0.717) is 33.6 Å². The van der Waals surface area contributed by atoms with Gasteiger partial charge in [0.05, 0.1) is 6.20 Å². The third kappa shape index (κ3) is 6.30. The van der Waals surface area contributed by atoms with Crippen LogP contribution in [0.4, 0.5) is 0 Å². The van der Waals surface area contributed by atoms with Crippen LogP contribution in [-0.2, 0) is 45.4 Å². The number of hydrogen-bond donors (Lipinski definition) is 0. The van der Waals surface area contributed by atoms with E-state index in [9.17, 15) is 0 Å². The summed E-state index contributed by atoms with van der Waals surface area (Å²) in [5, 5.41) is 8.97. The van der Waals surface area contributed by atoms with E-state index < -0.39 is 7.14 Å². The molecular formula is C37H20N5O3PPd2.